The van der Waals surface area contributed by atoms with Crippen LogP contribution in [0.25, 0.3) is 0 Å². The van der Waals surface area contributed by atoms with Crippen LogP contribution < -0.4 is 5.32 Å². The SMILES string of the molecule is CCC(CC)n1ccc(Cc2cccc3c2CCNC3)n1. The van der Waals surface area contributed by atoms with Crippen molar-refractivity contribution in [2.24, 2.45) is 0 Å². The Morgan fingerprint density at radius 1 is 1.24 bits per heavy atom. The van der Waals surface area contributed by atoms with E-state index in [0.717, 1.165) is 38.8 Å². The molecule has 112 valence electrons. The van der Waals surface area contributed by atoms with Gasteiger partial charge in [0.25, 0.3) is 0 Å². The molecule has 1 aliphatic heterocycles. The van der Waals surface area contributed by atoms with Gasteiger partial charge in [-0.1, -0.05) is 32.0 Å². The van der Waals surface area contributed by atoms with Gasteiger partial charge in [-0.3, -0.25) is 4.68 Å². The minimum Gasteiger partial charge on any atom is -0.312 e. The Morgan fingerprint density at radius 2 is 2.10 bits per heavy atom. The molecule has 1 N–H and O–H groups in total. The Balaban J connectivity index is 1.81. The van der Waals surface area contributed by atoms with E-state index >= 15 is 0 Å². The lowest BCUT2D eigenvalue weighted by molar-refractivity contribution is 0.426. The van der Waals surface area contributed by atoms with Crippen LogP contribution in [0.2, 0.25) is 0 Å². The summed E-state index contributed by atoms with van der Waals surface area (Å²) >= 11 is 0. The number of hydrogen-bond donors (Lipinski definition) is 1. The second-order valence-electron chi connectivity index (χ2n) is 5.92. The maximum atomic E-state index is 4.80. The molecule has 1 aromatic carbocycles. The normalized spacial score (nSPS) is 14.4. The summed E-state index contributed by atoms with van der Waals surface area (Å²) in [5.74, 6) is 0. The molecule has 0 saturated heterocycles. The summed E-state index contributed by atoms with van der Waals surface area (Å²) in [6.07, 6.45) is 6.52. The lowest BCUT2D eigenvalue weighted by Gasteiger charge is -2.20. The Hall–Kier alpha value is -1.61. The van der Waals surface area contributed by atoms with Crippen LogP contribution in [0.3, 0.4) is 0 Å². The molecular weight excluding hydrogens is 258 g/mol. The van der Waals surface area contributed by atoms with Crippen LogP contribution in [0.5, 0.6) is 0 Å². The first-order valence-corrected chi connectivity index (χ1v) is 8.16. The molecule has 0 unspecified atom stereocenters. The van der Waals surface area contributed by atoms with Gasteiger partial charge < -0.3 is 5.32 Å². The number of rotatable bonds is 5. The monoisotopic (exact) mass is 283 g/mol. The van der Waals surface area contributed by atoms with Crippen molar-refractivity contribution < 1.29 is 0 Å². The molecule has 0 atom stereocenters. The molecule has 0 radical (unpaired) electrons. The van der Waals surface area contributed by atoms with Crippen LogP contribution >= 0.6 is 0 Å². The molecule has 3 nitrogen and oxygen atoms in total. The largest absolute Gasteiger partial charge is 0.312 e. The lowest BCUT2D eigenvalue weighted by atomic mass is 9.93. The topological polar surface area (TPSA) is 29.9 Å². The van der Waals surface area contributed by atoms with Gasteiger partial charge in [-0.2, -0.15) is 5.10 Å². The zero-order chi connectivity index (χ0) is 14.7. The molecule has 2 heterocycles. The van der Waals surface area contributed by atoms with Crippen LogP contribution in [0.1, 0.15) is 55.1 Å². The van der Waals surface area contributed by atoms with Crippen LogP contribution in [0.4, 0.5) is 0 Å². The van der Waals surface area contributed by atoms with Crippen molar-refractivity contribution in [3.05, 3.63) is 52.8 Å². The lowest BCUT2D eigenvalue weighted by Crippen LogP contribution is -2.24. The highest BCUT2D eigenvalue weighted by molar-refractivity contribution is 5.38. The molecule has 3 rings (SSSR count). The first-order valence-electron chi connectivity index (χ1n) is 8.16. The average molecular weight is 283 g/mol. The highest BCUT2D eigenvalue weighted by Gasteiger charge is 2.14. The van der Waals surface area contributed by atoms with E-state index < -0.39 is 0 Å². The van der Waals surface area contributed by atoms with Crippen molar-refractivity contribution in [1.82, 2.24) is 15.1 Å². The third-order valence-corrected chi connectivity index (χ3v) is 4.59. The van der Waals surface area contributed by atoms with Crippen molar-refractivity contribution in [1.29, 1.82) is 0 Å². The van der Waals surface area contributed by atoms with Gasteiger partial charge in [0.1, 0.15) is 0 Å². The van der Waals surface area contributed by atoms with E-state index in [1.165, 1.54) is 22.4 Å². The van der Waals surface area contributed by atoms with Crippen molar-refractivity contribution in [2.75, 3.05) is 6.54 Å². The molecule has 2 aromatic rings. The number of nitrogens with zero attached hydrogens (tertiary/aromatic N) is 2. The number of fused-ring (bicyclic) bond motifs is 1. The Bertz CT molecular complexity index is 596. The third kappa shape index (κ3) is 3.03. The first-order chi connectivity index (χ1) is 10.3. The van der Waals surface area contributed by atoms with Gasteiger partial charge >= 0.3 is 0 Å². The summed E-state index contributed by atoms with van der Waals surface area (Å²) in [7, 11) is 0. The molecule has 0 saturated carbocycles. The van der Waals surface area contributed by atoms with Crippen molar-refractivity contribution >= 4 is 0 Å². The fourth-order valence-electron chi connectivity index (χ4n) is 3.31. The molecule has 0 amide bonds. The van der Waals surface area contributed by atoms with Gasteiger partial charge in [0, 0.05) is 19.2 Å². The van der Waals surface area contributed by atoms with E-state index in [0.29, 0.717) is 6.04 Å². The standard InChI is InChI=1S/C18H25N3/c1-3-17(4-2)21-11-9-16(20-21)12-14-6-5-7-15-13-19-10-8-18(14)15/h5-7,9,11,17,19H,3-4,8,10,12-13H2,1-2H3. The van der Waals surface area contributed by atoms with E-state index in [9.17, 15) is 0 Å². The Morgan fingerprint density at radius 3 is 2.90 bits per heavy atom. The first kappa shape index (κ1) is 14.3. The molecule has 21 heavy (non-hydrogen) atoms. The van der Waals surface area contributed by atoms with Crippen molar-refractivity contribution in [3.63, 3.8) is 0 Å². The highest BCUT2D eigenvalue weighted by atomic mass is 15.3. The predicted molar refractivity (Wildman–Crippen MR) is 86.5 cm³/mol. The molecule has 0 bridgehead atoms. The van der Waals surface area contributed by atoms with Gasteiger partial charge in [-0.25, -0.2) is 0 Å². The summed E-state index contributed by atoms with van der Waals surface area (Å²) in [4.78, 5) is 0. The van der Waals surface area contributed by atoms with E-state index in [-0.39, 0.29) is 0 Å². The zero-order valence-corrected chi connectivity index (χ0v) is 13.1. The highest BCUT2D eigenvalue weighted by Crippen LogP contribution is 2.22. The maximum absolute atomic E-state index is 4.80. The van der Waals surface area contributed by atoms with Crippen molar-refractivity contribution in [2.45, 2.75) is 52.1 Å². The fourth-order valence-corrected chi connectivity index (χ4v) is 3.31. The average Bonchev–Trinajstić information content (AvgIpc) is 2.97. The zero-order valence-electron chi connectivity index (χ0n) is 13.1. The number of aromatic nitrogens is 2. The maximum Gasteiger partial charge on any atom is 0.0668 e. The Labute approximate surface area is 127 Å². The molecule has 1 aliphatic rings. The molecule has 0 spiro atoms. The van der Waals surface area contributed by atoms with Gasteiger partial charge in [0.2, 0.25) is 0 Å². The second-order valence-corrected chi connectivity index (χ2v) is 5.92. The van der Waals surface area contributed by atoms with E-state index in [4.69, 9.17) is 5.10 Å². The second kappa shape index (κ2) is 6.44. The Kier molecular flexibility index (Phi) is 4.39. The van der Waals surface area contributed by atoms with Gasteiger partial charge in [0.05, 0.1) is 11.7 Å². The van der Waals surface area contributed by atoms with Crippen LogP contribution in [0.15, 0.2) is 30.5 Å². The molecule has 0 aliphatic carbocycles. The fraction of sp³-hybridized carbons (Fsp3) is 0.500. The minimum absolute atomic E-state index is 0.535. The summed E-state index contributed by atoms with van der Waals surface area (Å²) in [6, 6.07) is 9.40. The molecule has 0 fully saturated rings. The summed E-state index contributed by atoms with van der Waals surface area (Å²) in [6.45, 7) is 6.56. The summed E-state index contributed by atoms with van der Waals surface area (Å²) in [5.41, 5.74) is 5.63. The smallest absolute Gasteiger partial charge is 0.0668 e. The third-order valence-electron chi connectivity index (χ3n) is 4.59. The van der Waals surface area contributed by atoms with E-state index in [2.05, 4.69) is 54.3 Å². The predicted octanol–water partition coefficient (Wildman–Crippen LogP) is 3.48. The van der Waals surface area contributed by atoms with E-state index in [1.54, 1.807) is 0 Å². The molecule has 1 aromatic heterocycles. The quantitative estimate of drug-likeness (QED) is 0.910. The van der Waals surface area contributed by atoms with Gasteiger partial charge in [-0.05, 0) is 48.6 Å². The number of hydrogen-bond acceptors (Lipinski definition) is 2. The number of nitrogens with one attached hydrogen (secondary N) is 1. The minimum atomic E-state index is 0.535. The van der Waals surface area contributed by atoms with Gasteiger partial charge in [0.15, 0.2) is 0 Å². The van der Waals surface area contributed by atoms with Gasteiger partial charge in [-0.15, -0.1) is 0 Å². The van der Waals surface area contributed by atoms with Crippen LogP contribution in [-0.4, -0.2) is 16.3 Å². The summed E-state index contributed by atoms with van der Waals surface area (Å²) in [5, 5.41) is 8.24. The van der Waals surface area contributed by atoms with Crippen LogP contribution in [-0.2, 0) is 19.4 Å². The van der Waals surface area contributed by atoms with E-state index in [1.807, 2.05) is 0 Å². The van der Waals surface area contributed by atoms with Crippen LogP contribution in [0, 0.1) is 0 Å². The number of benzene rings is 1. The molecule has 3 heteroatoms. The molecular formula is C18H25N3. The van der Waals surface area contributed by atoms with Crippen molar-refractivity contribution in [3.8, 4) is 0 Å². The summed E-state index contributed by atoms with van der Waals surface area (Å²) < 4.78 is 2.15.